The second-order valence-electron chi connectivity index (χ2n) is 3.48. The molecule has 0 saturated heterocycles. The van der Waals surface area contributed by atoms with Gasteiger partial charge in [-0.15, -0.1) is 0 Å². The van der Waals surface area contributed by atoms with Crippen LogP contribution >= 0.6 is 0 Å². The van der Waals surface area contributed by atoms with Crippen molar-refractivity contribution >= 4 is 0 Å². The monoisotopic (exact) mass is 219 g/mol. The molecule has 0 amide bonds. The van der Waals surface area contributed by atoms with E-state index in [1.54, 1.807) is 0 Å². The van der Waals surface area contributed by atoms with Crippen molar-refractivity contribution in [1.29, 1.82) is 0 Å². The summed E-state index contributed by atoms with van der Waals surface area (Å²) in [5.74, 6) is 0.0903. The molecule has 0 aromatic carbocycles. The summed E-state index contributed by atoms with van der Waals surface area (Å²) < 4.78 is 36.6. The predicted molar refractivity (Wildman–Crippen MR) is 49.1 cm³/mol. The van der Waals surface area contributed by atoms with Gasteiger partial charge >= 0.3 is 6.18 Å². The molecule has 1 heterocycles. The summed E-state index contributed by atoms with van der Waals surface area (Å²) in [5, 5.41) is 11.1. The fraction of sp³-hybridized carbons (Fsp3) is 0.500. The van der Waals surface area contributed by atoms with Crippen LogP contribution in [0.25, 0.3) is 0 Å². The number of halogens is 3. The van der Waals surface area contributed by atoms with Gasteiger partial charge in [0.15, 0.2) is 6.20 Å². The van der Waals surface area contributed by atoms with E-state index in [9.17, 15) is 18.4 Å². The summed E-state index contributed by atoms with van der Waals surface area (Å²) >= 11 is 0. The Labute approximate surface area is 85.9 Å². The highest BCUT2D eigenvalue weighted by molar-refractivity contribution is 5.15. The zero-order chi connectivity index (χ0) is 11.6. The van der Waals surface area contributed by atoms with Gasteiger partial charge in [0, 0.05) is 11.6 Å². The molecule has 0 aliphatic carbocycles. The molecular weight excluding hydrogens is 207 g/mol. The fourth-order valence-corrected chi connectivity index (χ4v) is 1.24. The Morgan fingerprint density at radius 3 is 2.40 bits per heavy atom. The molecule has 0 aliphatic rings. The summed E-state index contributed by atoms with van der Waals surface area (Å²) in [6, 6.07) is 2.18. The van der Waals surface area contributed by atoms with Gasteiger partial charge < -0.3 is 5.21 Å². The van der Waals surface area contributed by atoms with E-state index in [0.29, 0.717) is 5.56 Å². The Bertz CT molecular complexity index is 349. The highest BCUT2D eigenvalue weighted by atomic mass is 19.4. The summed E-state index contributed by atoms with van der Waals surface area (Å²) in [6.45, 7) is 3.78. The van der Waals surface area contributed by atoms with Crippen LogP contribution in [-0.2, 0) is 6.18 Å². The third kappa shape index (κ3) is 2.61. The predicted octanol–water partition coefficient (Wildman–Crippen LogP) is 2.85. The first kappa shape index (κ1) is 11.8. The lowest BCUT2D eigenvalue weighted by atomic mass is 10.0. The first-order valence-corrected chi connectivity index (χ1v) is 4.66. The van der Waals surface area contributed by atoms with Crippen molar-refractivity contribution < 1.29 is 17.9 Å². The van der Waals surface area contributed by atoms with Crippen LogP contribution in [-0.4, -0.2) is 0 Å². The molecule has 0 bridgehead atoms. The zero-order valence-electron chi connectivity index (χ0n) is 8.51. The first-order chi connectivity index (χ1) is 6.86. The Balaban J connectivity index is 3.09. The van der Waals surface area contributed by atoms with Gasteiger partial charge in [-0.25, -0.2) is 0 Å². The van der Waals surface area contributed by atoms with E-state index in [1.807, 2.05) is 13.8 Å². The molecule has 0 radical (unpaired) electrons. The number of rotatable bonds is 2. The molecule has 0 saturated carbocycles. The van der Waals surface area contributed by atoms with E-state index >= 15 is 0 Å². The van der Waals surface area contributed by atoms with Crippen molar-refractivity contribution in [3.8, 4) is 0 Å². The van der Waals surface area contributed by atoms with Gasteiger partial charge in [-0.05, 0) is 18.4 Å². The largest absolute Gasteiger partial charge is 0.618 e. The van der Waals surface area contributed by atoms with E-state index < -0.39 is 11.9 Å². The maximum atomic E-state index is 12.2. The van der Waals surface area contributed by atoms with Crippen molar-refractivity contribution in [1.82, 2.24) is 0 Å². The normalized spacial score (nSPS) is 13.9. The lowest BCUT2D eigenvalue weighted by Crippen LogP contribution is -2.36. The van der Waals surface area contributed by atoms with Gasteiger partial charge in [-0.2, -0.15) is 17.9 Å². The van der Waals surface area contributed by atoms with Gasteiger partial charge in [0.2, 0.25) is 0 Å². The van der Waals surface area contributed by atoms with Crippen LogP contribution in [0.15, 0.2) is 18.3 Å². The standard InChI is InChI=1S/C10H12F3NO/c1-3-7(2)8-4-5-9(10(11,12)13)14(15)6-8/h4-7H,3H2,1-2H3/t7-/m0/s1. The highest BCUT2D eigenvalue weighted by Gasteiger charge is 2.39. The van der Waals surface area contributed by atoms with Gasteiger partial charge in [0.25, 0.3) is 5.69 Å². The second kappa shape index (κ2) is 4.08. The van der Waals surface area contributed by atoms with Crippen LogP contribution in [0.3, 0.4) is 0 Å². The molecule has 1 aromatic rings. The van der Waals surface area contributed by atoms with E-state index in [4.69, 9.17) is 0 Å². The smallest absolute Gasteiger partial charge is 0.478 e. The zero-order valence-corrected chi connectivity index (χ0v) is 8.51. The molecule has 1 atom stereocenters. The molecule has 1 rings (SSSR count). The van der Waals surface area contributed by atoms with E-state index in [1.165, 1.54) is 6.07 Å². The molecule has 0 spiro atoms. The summed E-state index contributed by atoms with van der Waals surface area (Å²) in [4.78, 5) is 0. The van der Waals surface area contributed by atoms with Crippen molar-refractivity contribution in [2.45, 2.75) is 32.4 Å². The topological polar surface area (TPSA) is 26.9 Å². The number of aromatic nitrogens is 1. The Kier molecular flexibility index (Phi) is 3.21. The van der Waals surface area contributed by atoms with Crippen LogP contribution in [0.4, 0.5) is 13.2 Å². The molecule has 0 N–H and O–H groups in total. The van der Waals surface area contributed by atoms with Crippen molar-refractivity contribution in [3.05, 3.63) is 34.8 Å². The SMILES string of the molecule is CC[C@H](C)c1ccc(C(F)(F)F)[n+]([O-])c1. The minimum absolute atomic E-state index is 0.0903. The Morgan fingerprint density at radius 2 is 2.00 bits per heavy atom. The second-order valence-corrected chi connectivity index (χ2v) is 3.48. The molecule has 5 heteroatoms. The fourth-order valence-electron chi connectivity index (χ4n) is 1.24. The molecule has 0 fully saturated rings. The lowest BCUT2D eigenvalue weighted by Gasteiger charge is -2.11. The highest BCUT2D eigenvalue weighted by Crippen LogP contribution is 2.27. The van der Waals surface area contributed by atoms with Crippen molar-refractivity contribution in [2.24, 2.45) is 0 Å². The van der Waals surface area contributed by atoms with Gasteiger partial charge in [0.05, 0.1) is 0 Å². The van der Waals surface area contributed by atoms with E-state index in [2.05, 4.69) is 0 Å². The van der Waals surface area contributed by atoms with Crippen LogP contribution in [0, 0.1) is 5.21 Å². The minimum Gasteiger partial charge on any atom is -0.618 e. The Hall–Kier alpha value is -1.26. The van der Waals surface area contributed by atoms with Crippen LogP contribution in [0.5, 0.6) is 0 Å². The summed E-state index contributed by atoms with van der Waals surface area (Å²) in [5.41, 5.74) is -0.546. The summed E-state index contributed by atoms with van der Waals surface area (Å²) in [7, 11) is 0. The maximum absolute atomic E-state index is 12.2. The number of hydrogen-bond acceptors (Lipinski definition) is 1. The molecular formula is C10H12F3NO. The molecule has 2 nitrogen and oxygen atoms in total. The molecule has 84 valence electrons. The van der Waals surface area contributed by atoms with Crippen LogP contribution < -0.4 is 4.73 Å². The number of pyridine rings is 1. The van der Waals surface area contributed by atoms with Crippen LogP contribution in [0.2, 0.25) is 0 Å². The summed E-state index contributed by atoms with van der Waals surface area (Å²) in [6.07, 6.45) is -2.81. The molecule has 0 aliphatic heterocycles. The van der Waals surface area contributed by atoms with Crippen molar-refractivity contribution in [2.75, 3.05) is 0 Å². The quantitative estimate of drug-likeness (QED) is 0.555. The van der Waals surface area contributed by atoms with Gasteiger partial charge in [-0.3, -0.25) is 0 Å². The number of nitrogens with zero attached hydrogens (tertiary/aromatic N) is 1. The maximum Gasteiger partial charge on any atom is 0.478 e. The Morgan fingerprint density at radius 1 is 1.40 bits per heavy atom. The average molecular weight is 219 g/mol. The molecule has 0 unspecified atom stereocenters. The van der Waals surface area contributed by atoms with Gasteiger partial charge in [0.1, 0.15) is 0 Å². The third-order valence-electron chi connectivity index (χ3n) is 2.41. The first-order valence-electron chi connectivity index (χ1n) is 4.66. The average Bonchev–Trinajstić information content (AvgIpc) is 2.14. The minimum atomic E-state index is -4.59. The third-order valence-corrected chi connectivity index (χ3v) is 2.41. The van der Waals surface area contributed by atoms with E-state index in [-0.39, 0.29) is 10.6 Å². The van der Waals surface area contributed by atoms with Crippen molar-refractivity contribution in [3.63, 3.8) is 0 Å². The number of hydrogen-bond donors (Lipinski definition) is 0. The lowest BCUT2D eigenvalue weighted by molar-refractivity contribution is -0.629. The van der Waals surface area contributed by atoms with E-state index in [0.717, 1.165) is 18.7 Å². The number of alkyl halides is 3. The van der Waals surface area contributed by atoms with Crippen LogP contribution in [0.1, 0.15) is 37.4 Å². The van der Waals surface area contributed by atoms with Gasteiger partial charge in [-0.1, -0.05) is 13.8 Å². The molecule has 1 aromatic heterocycles. The molecule has 15 heavy (non-hydrogen) atoms.